The summed E-state index contributed by atoms with van der Waals surface area (Å²) < 4.78 is 18.1. The molecule has 0 bridgehead atoms. The minimum atomic E-state index is -0.923. The standard InChI is InChI=1S/C25H31FN2O4/c1-16(29)27-21(14-18-8-12-20(26)13-9-18)23(30)28-22(24(31)32-5)15-17-6-10-19(11-7-17)25(2,3)4/h6-13,21-22H,14-15H2,1-5H3,(H,27,29)(H,28,30)/t21-,22-/m1/s1. The number of ether oxygens (including phenoxy) is 1. The van der Waals surface area contributed by atoms with Crippen molar-refractivity contribution in [2.24, 2.45) is 0 Å². The zero-order chi connectivity index (χ0) is 23.9. The van der Waals surface area contributed by atoms with Gasteiger partial charge in [0.1, 0.15) is 17.9 Å². The van der Waals surface area contributed by atoms with Gasteiger partial charge in [-0.1, -0.05) is 57.2 Å². The molecule has 0 aliphatic carbocycles. The van der Waals surface area contributed by atoms with Crippen LogP contribution in [0.3, 0.4) is 0 Å². The van der Waals surface area contributed by atoms with Crippen molar-refractivity contribution in [1.82, 2.24) is 10.6 Å². The summed E-state index contributed by atoms with van der Waals surface area (Å²) in [6, 6.07) is 11.7. The molecule has 0 unspecified atom stereocenters. The summed E-state index contributed by atoms with van der Waals surface area (Å²) in [7, 11) is 1.26. The quantitative estimate of drug-likeness (QED) is 0.616. The van der Waals surface area contributed by atoms with Crippen molar-refractivity contribution in [3.63, 3.8) is 0 Å². The van der Waals surface area contributed by atoms with Crippen LogP contribution >= 0.6 is 0 Å². The van der Waals surface area contributed by atoms with Gasteiger partial charge < -0.3 is 15.4 Å². The average Bonchev–Trinajstić information content (AvgIpc) is 2.73. The number of carbonyl (C=O) groups is 3. The Morgan fingerprint density at radius 1 is 0.875 bits per heavy atom. The van der Waals surface area contributed by atoms with Crippen LogP contribution in [0, 0.1) is 5.82 Å². The SMILES string of the molecule is COC(=O)[C@@H](Cc1ccc(C(C)(C)C)cc1)NC(=O)[C@@H](Cc1ccc(F)cc1)NC(C)=O. The third kappa shape index (κ3) is 7.48. The molecule has 0 radical (unpaired) electrons. The van der Waals surface area contributed by atoms with Crippen molar-refractivity contribution >= 4 is 17.8 Å². The Morgan fingerprint density at radius 2 is 1.38 bits per heavy atom. The highest BCUT2D eigenvalue weighted by molar-refractivity contribution is 5.90. The van der Waals surface area contributed by atoms with Gasteiger partial charge in [0.15, 0.2) is 0 Å². The molecule has 2 N–H and O–H groups in total. The average molecular weight is 443 g/mol. The van der Waals surface area contributed by atoms with Crippen LogP contribution in [-0.2, 0) is 37.4 Å². The first-order valence-corrected chi connectivity index (χ1v) is 10.5. The van der Waals surface area contributed by atoms with Crippen LogP contribution < -0.4 is 10.6 Å². The molecule has 0 spiro atoms. The van der Waals surface area contributed by atoms with Gasteiger partial charge in [-0.2, -0.15) is 0 Å². The van der Waals surface area contributed by atoms with Gasteiger partial charge >= 0.3 is 5.97 Å². The summed E-state index contributed by atoms with van der Waals surface area (Å²) in [5.41, 5.74) is 2.70. The number of carbonyl (C=O) groups excluding carboxylic acids is 3. The maximum atomic E-state index is 13.2. The highest BCUT2D eigenvalue weighted by Gasteiger charge is 2.27. The van der Waals surface area contributed by atoms with Crippen molar-refractivity contribution in [1.29, 1.82) is 0 Å². The Morgan fingerprint density at radius 3 is 1.84 bits per heavy atom. The molecular formula is C25H31FN2O4. The van der Waals surface area contributed by atoms with Crippen LogP contribution in [0.15, 0.2) is 48.5 Å². The van der Waals surface area contributed by atoms with Crippen LogP contribution in [0.1, 0.15) is 44.4 Å². The molecule has 0 heterocycles. The molecule has 2 aromatic carbocycles. The second kappa shape index (κ2) is 10.9. The Balaban J connectivity index is 2.17. The van der Waals surface area contributed by atoms with E-state index in [0.29, 0.717) is 5.56 Å². The topological polar surface area (TPSA) is 84.5 Å². The molecule has 0 aliphatic heterocycles. The zero-order valence-corrected chi connectivity index (χ0v) is 19.2. The van der Waals surface area contributed by atoms with Crippen molar-refractivity contribution < 1.29 is 23.5 Å². The number of esters is 1. The van der Waals surface area contributed by atoms with Crippen LogP contribution in [-0.4, -0.2) is 37.0 Å². The summed E-state index contributed by atoms with van der Waals surface area (Å²) in [5, 5.41) is 5.29. The van der Waals surface area contributed by atoms with Gasteiger partial charge in [0.05, 0.1) is 7.11 Å². The lowest BCUT2D eigenvalue weighted by molar-refractivity contribution is -0.145. The third-order valence-corrected chi connectivity index (χ3v) is 5.11. The number of amides is 2. The summed E-state index contributed by atoms with van der Waals surface area (Å²) in [6.45, 7) is 7.65. The van der Waals surface area contributed by atoms with E-state index in [4.69, 9.17) is 4.74 Å². The van der Waals surface area contributed by atoms with E-state index in [1.807, 2.05) is 24.3 Å². The van der Waals surface area contributed by atoms with Crippen molar-refractivity contribution in [2.45, 2.75) is 58.0 Å². The lowest BCUT2D eigenvalue weighted by atomic mass is 9.86. The summed E-state index contributed by atoms with van der Waals surface area (Å²) in [4.78, 5) is 36.9. The number of halogens is 1. The Kier molecular flexibility index (Phi) is 8.52. The second-order valence-electron chi connectivity index (χ2n) is 8.82. The van der Waals surface area contributed by atoms with Gasteiger partial charge in [-0.25, -0.2) is 9.18 Å². The fourth-order valence-corrected chi connectivity index (χ4v) is 3.30. The first kappa shape index (κ1) is 25.0. The van der Waals surface area contributed by atoms with E-state index in [-0.39, 0.29) is 24.2 Å². The molecule has 7 heteroatoms. The van der Waals surface area contributed by atoms with E-state index in [1.165, 1.54) is 26.2 Å². The monoisotopic (exact) mass is 442 g/mol. The highest BCUT2D eigenvalue weighted by Crippen LogP contribution is 2.22. The molecule has 2 aromatic rings. The minimum absolute atomic E-state index is 0.000427. The van der Waals surface area contributed by atoms with Gasteiger partial charge in [-0.05, 0) is 34.2 Å². The van der Waals surface area contributed by atoms with Gasteiger partial charge in [0.2, 0.25) is 11.8 Å². The smallest absolute Gasteiger partial charge is 0.328 e. The molecule has 172 valence electrons. The van der Waals surface area contributed by atoms with Crippen LogP contribution in [0.4, 0.5) is 4.39 Å². The molecule has 0 aliphatic rings. The first-order chi connectivity index (χ1) is 15.0. The lowest BCUT2D eigenvalue weighted by Gasteiger charge is -2.23. The number of rotatable bonds is 8. The number of benzene rings is 2. The van der Waals surface area contributed by atoms with E-state index >= 15 is 0 Å². The van der Waals surface area contributed by atoms with Gasteiger partial charge in [-0.15, -0.1) is 0 Å². The Bertz CT molecular complexity index is 934. The van der Waals surface area contributed by atoms with Crippen LogP contribution in [0.5, 0.6) is 0 Å². The number of methoxy groups -OCH3 is 1. The number of hydrogen-bond acceptors (Lipinski definition) is 4. The van der Waals surface area contributed by atoms with Gasteiger partial charge in [0.25, 0.3) is 0 Å². The van der Waals surface area contributed by atoms with E-state index in [0.717, 1.165) is 11.1 Å². The van der Waals surface area contributed by atoms with E-state index in [2.05, 4.69) is 31.4 Å². The Labute approximate surface area is 188 Å². The van der Waals surface area contributed by atoms with E-state index < -0.39 is 29.8 Å². The molecule has 0 saturated heterocycles. The molecule has 0 fully saturated rings. The summed E-state index contributed by atoms with van der Waals surface area (Å²) in [5.74, 6) is -1.88. The Hall–Kier alpha value is -3.22. The molecular weight excluding hydrogens is 411 g/mol. The van der Waals surface area contributed by atoms with Crippen LogP contribution in [0.2, 0.25) is 0 Å². The van der Waals surface area contributed by atoms with Crippen molar-refractivity contribution in [3.05, 3.63) is 71.0 Å². The molecule has 32 heavy (non-hydrogen) atoms. The molecule has 6 nitrogen and oxygen atoms in total. The molecule has 2 amide bonds. The van der Waals surface area contributed by atoms with E-state index in [9.17, 15) is 18.8 Å². The van der Waals surface area contributed by atoms with E-state index in [1.54, 1.807) is 12.1 Å². The largest absolute Gasteiger partial charge is 0.467 e. The van der Waals surface area contributed by atoms with Crippen molar-refractivity contribution in [2.75, 3.05) is 7.11 Å². The fraction of sp³-hybridized carbons (Fsp3) is 0.400. The predicted octanol–water partition coefficient (Wildman–Crippen LogP) is 3.07. The zero-order valence-electron chi connectivity index (χ0n) is 19.2. The number of nitrogens with one attached hydrogen (secondary N) is 2. The predicted molar refractivity (Wildman–Crippen MR) is 121 cm³/mol. The lowest BCUT2D eigenvalue weighted by Crippen LogP contribution is -2.53. The number of hydrogen-bond donors (Lipinski definition) is 2. The second-order valence-corrected chi connectivity index (χ2v) is 8.82. The highest BCUT2D eigenvalue weighted by atomic mass is 19.1. The van der Waals surface area contributed by atoms with Crippen LogP contribution in [0.25, 0.3) is 0 Å². The summed E-state index contributed by atoms with van der Waals surface area (Å²) >= 11 is 0. The summed E-state index contributed by atoms with van der Waals surface area (Å²) in [6.07, 6.45) is 0.395. The van der Waals surface area contributed by atoms with Gasteiger partial charge in [0, 0.05) is 19.8 Å². The fourth-order valence-electron chi connectivity index (χ4n) is 3.30. The molecule has 2 rings (SSSR count). The van der Waals surface area contributed by atoms with Gasteiger partial charge in [-0.3, -0.25) is 9.59 Å². The molecule has 2 atom stereocenters. The first-order valence-electron chi connectivity index (χ1n) is 10.5. The van der Waals surface area contributed by atoms with Crippen molar-refractivity contribution in [3.8, 4) is 0 Å². The molecule has 0 saturated carbocycles. The minimum Gasteiger partial charge on any atom is -0.467 e. The maximum absolute atomic E-state index is 13.2. The normalized spacial score (nSPS) is 13.1. The maximum Gasteiger partial charge on any atom is 0.328 e. The third-order valence-electron chi connectivity index (χ3n) is 5.11. The molecule has 0 aromatic heterocycles.